The van der Waals surface area contributed by atoms with E-state index in [1.165, 1.54) is 22.3 Å². The number of rotatable bonds is 2. The maximum Gasteiger partial charge on any atom is 2.00 e. The van der Waals surface area contributed by atoms with E-state index >= 15 is 0 Å². The van der Waals surface area contributed by atoms with Crippen LogP contribution in [0.3, 0.4) is 0 Å². The van der Waals surface area contributed by atoms with Gasteiger partial charge in [0, 0.05) is 0 Å². The molecule has 0 unspecified atom stereocenters. The SMILES string of the molecule is CC1=[C-]CC(C(C)(C)C)=C1.CC1=[C-]CC(C(C)(C)C)=C1.Cl[Si](Cl)(c1ccccc1)c1ccccc1.[Zr+2]. The van der Waals surface area contributed by atoms with Crippen molar-refractivity contribution >= 4 is 39.2 Å². The zero-order valence-corrected chi connectivity index (χ0v) is 28.1. The zero-order valence-electron chi connectivity index (χ0n) is 23.1. The third-order valence-corrected chi connectivity index (χ3v) is 10.8. The van der Waals surface area contributed by atoms with Crippen LogP contribution in [0, 0.1) is 23.0 Å². The number of allylic oxidation sites excluding steroid dienone is 8. The number of benzene rings is 2. The van der Waals surface area contributed by atoms with Crippen molar-refractivity contribution in [1.29, 1.82) is 0 Å². The zero-order chi connectivity index (χ0) is 26.3. The van der Waals surface area contributed by atoms with E-state index in [2.05, 4.69) is 79.7 Å². The van der Waals surface area contributed by atoms with Gasteiger partial charge < -0.3 is 0 Å². The van der Waals surface area contributed by atoms with Gasteiger partial charge in [-0.15, -0.1) is 35.0 Å². The standard InChI is InChI=1S/C12H10Cl2Si.2C10H15.Zr/c13-15(14,11-7-3-1-4-8-11)12-9-5-2-6-10-12;2*1-8-5-6-9(7-8)10(2,3)4;/h1-10H;2*7H,6H2,1-4H3;/q;2*-1;+2. The summed E-state index contributed by atoms with van der Waals surface area (Å²) in [5.41, 5.74) is 6.28. The van der Waals surface area contributed by atoms with Gasteiger partial charge in [0.15, 0.2) is 0 Å². The molecule has 2 aromatic rings. The summed E-state index contributed by atoms with van der Waals surface area (Å²) in [5.74, 6) is 0. The van der Waals surface area contributed by atoms with Crippen LogP contribution in [0.5, 0.6) is 0 Å². The largest absolute Gasteiger partial charge is 2.00 e. The third kappa shape index (κ3) is 10.4. The van der Waals surface area contributed by atoms with Crippen LogP contribution in [0.1, 0.15) is 68.2 Å². The Balaban J connectivity index is 0.000000276. The van der Waals surface area contributed by atoms with Crippen LogP contribution < -0.4 is 10.4 Å². The smallest absolute Gasteiger partial charge is 0.269 e. The maximum absolute atomic E-state index is 6.49. The minimum absolute atomic E-state index is 0. The Morgan fingerprint density at radius 2 is 0.917 bits per heavy atom. The molecule has 0 N–H and O–H groups in total. The van der Waals surface area contributed by atoms with Crippen molar-refractivity contribution in [2.24, 2.45) is 10.8 Å². The van der Waals surface area contributed by atoms with Gasteiger partial charge in [-0.25, -0.2) is 23.3 Å². The molecular formula is C32H40Cl2SiZr. The van der Waals surface area contributed by atoms with Gasteiger partial charge in [-0.05, 0) is 21.2 Å². The monoisotopic (exact) mass is 612 g/mol. The first-order chi connectivity index (χ1) is 16.2. The van der Waals surface area contributed by atoms with Crippen molar-refractivity contribution in [3.05, 3.63) is 107 Å². The Labute approximate surface area is 250 Å². The Morgan fingerprint density at radius 3 is 1.11 bits per heavy atom. The molecule has 0 atom stereocenters. The van der Waals surface area contributed by atoms with Crippen LogP contribution in [0.15, 0.2) is 95.1 Å². The molecule has 0 saturated carbocycles. The Hall–Kier alpha value is -0.920. The summed E-state index contributed by atoms with van der Waals surface area (Å²) < 4.78 is 0. The van der Waals surface area contributed by atoms with Crippen LogP contribution >= 0.6 is 22.2 Å². The van der Waals surface area contributed by atoms with Gasteiger partial charge >= 0.3 is 32.9 Å². The second kappa shape index (κ2) is 14.3. The molecule has 2 aliphatic rings. The van der Waals surface area contributed by atoms with Crippen molar-refractivity contribution in [2.45, 2.75) is 68.2 Å². The summed E-state index contributed by atoms with van der Waals surface area (Å²) >= 11 is 13.0. The van der Waals surface area contributed by atoms with E-state index in [1.54, 1.807) is 0 Å². The normalized spacial score (nSPS) is 15.2. The van der Waals surface area contributed by atoms with Crippen molar-refractivity contribution in [1.82, 2.24) is 0 Å². The van der Waals surface area contributed by atoms with Crippen molar-refractivity contribution < 1.29 is 26.2 Å². The van der Waals surface area contributed by atoms with Gasteiger partial charge in [0.05, 0.1) is 0 Å². The van der Waals surface area contributed by atoms with E-state index in [4.69, 9.17) is 22.2 Å². The molecule has 0 fully saturated rings. The van der Waals surface area contributed by atoms with Crippen LogP contribution in [0.25, 0.3) is 0 Å². The third-order valence-electron chi connectivity index (χ3n) is 6.10. The van der Waals surface area contributed by atoms with E-state index in [1.807, 2.05) is 60.7 Å². The summed E-state index contributed by atoms with van der Waals surface area (Å²) in [6.45, 7) is 15.2. The first kappa shape index (κ1) is 33.1. The molecule has 0 nitrogen and oxygen atoms in total. The summed E-state index contributed by atoms with van der Waals surface area (Å²) in [6.07, 6.45) is 13.2. The van der Waals surface area contributed by atoms with Gasteiger partial charge in [0.2, 0.25) is 0 Å². The molecular weight excluding hydrogens is 575 g/mol. The molecule has 0 spiro atoms. The minimum Gasteiger partial charge on any atom is -0.269 e. The molecule has 4 heteroatoms. The fraction of sp³-hybridized carbons (Fsp3) is 0.375. The fourth-order valence-electron chi connectivity index (χ4n) is 3.62. The Kier molecular flexibility index (Phi) is 13.1. The molecule has 0 aliphatic heterocycles. The van der Waals surface area contributed by atoms with Gasteiger partial charge in [-0.2, -0.15) is 11.1 Å². The van der Waals surface area contributed by atoms with Crippen molar-refractivity contribution in [3.8, 4) is 0 Å². The van der Waals surface area contributed by atoms with E-state index in [9.17, 15) is 0 Å². The van der Waals surface area contributed by atoms with Gasteiger partial charge in [0.25, 0.3) is 0 Å². The minimum atomic E-state index is -2.51. The van der Waals surface area contributed by atoms with E-state index < -0.39 is 6.69 Å². The molecule has 4 rings (SSSR count). The van der Waals surface area contributed by atoms with Gasteiger partial charge in [0.1, 0.15) is 0 Å². The van der Waals surface area contributed by atoms with Crippen LogP contribution in [0.2, 0.25) is 0 Å². The second-order valence-electron chi connectivity index (χ2n) is 11.2. The first-order valence-electron chi connectivity index (χ1n) is 12.3. The number of hydrogen-bond acceptors (Lipinski definition) is 0. The van der Waals surface area contributed by atoms with Gasteiger partial charge in [-0.1, -0.05) is 116 Å². The summed E-state index contributed by atoms with van der Waals surface area (Å²) in [6, 6.07) is 19.7. The second-order valence-corrected chi connectivity index (χ2v) is 17.5. The van der Waals surface area contributed by atoms with Crippen molar-refractivity contribution in [2.75, 3.05) is 0 Å². The molecule has 0 aromatic heterocycles. The molecule has 36 heavy (non-hydrogen) atoms. The molecule has 0 radical (unpaired) electrons. The van der Waals surface area contributed by atoms with E-state index in [0.29, 0.717) is 10.8 Å². The molecule has 190 valence electrons. The average molecular weight is 615 g/mol. The maximum atomic E-state index is 6.49. The number of halogens is 2. The molecule has 0 bridgehead atoms. The molecule has 0 amide bonds. The van der Waals surface area contributed by atoms with Gasteiger partial charge in [-0.3, -0.25) is 12.2 Å². The fourth-order valence-corrected chi connectivity index (χ4v) is 6.69. The molecule has 0 heterocycles. The molecule has 2 aliphatic carbocycles. The number of hydrogen-bond donors (Lipinski definition) is 0. The summed E-state index contributed by atoms with van der Waals surface area (Å²) in [5, 5.41) is 2.05. The predicted molar refractivity (Wildman–Crippen MR) is 159 cm³/mol. The summed E-state index contributed by atoms with van der Waals surface area (Å²) in [7, 11) is 0. The van der Waals surface area contributed by atoms with E-state index in [0.717, 1.165) is 23.2 Å². The average Bonchev–Trinajstić information content (AvgIpc) is 3.44. The van der Waals surface area contributed by atoms with E-state index in [-0.39, 0.29) is 26.2 Å². The first-order valence-corrected chi connectivity index (χ1v) is 16.3. The van der Waals surface area contributed by atoms with Crippen LogP contribution in [-0.2, 0) is 26.2 Å². The Morgan fingerprint density at radius 1 is 0.611 bits per heavy atom. The topological polar surface area (TPSA) is 0 Å². The van der Waals surface area contributed by atoms with Crippen molar-refractivity contribution in [3.63, 3.8) is 0 Å². The molecule has 2 aromatic carbocycles. The van der Waals surface area contributed by atoms with Crippen LogP contribution in [-0.4, -0.2) is 6.69 Å². The Bertz CT molecular complexity index is 993. The quantitative estimate of drug-likeness (QED) is 0.180. The molecule has 0 saturated heterocycles. The summed E-state index contributed by atoms with van der Waals surface area (Å²) in [4.78, 5) is 0. The predicted octanol–water partition coefficient (Wildman–Crippen LogP) is 8.94. The van der Waals surface area contributed by atoms with Crippen LogP contribution in [0.4, 0.5) is 0 Å².